The number of benzene rings is 1. The summed E-state index contributed by atoms with van der Waals surface area (Å²) in [6.07, 6.45) is -3.67. The van der Waals surface area contributed by atoms with Gasteiger partial charge in [0.25, 0.3) is 0 Å². The van der Waals surface area contributed by atoms with E-state index in [2.05, 4.69) is 20.5 Å². The number of aliphatic hydroxyl groups is 1. The SMILES string of the molecule is COc1cc(C(F)(F)F)ccc1-c1nnc(C(O)C2CCCNC2)nc1Cl. The number of hydrogen-bond acceptors (Lipinski definition) is 6. The lowest BCUT2D eigenvalue weighted by Gasteiger charge is -2.26. The van der Waals surface area contributed by atoms with E-state index in [1.807, 2.05) is 0 Å². The van der Waals surface area contributed by atoms with Crippen molar-refractivity contribution in [3.05, 3.63) is 34.7 Å². The minimum atomic E-state index is -4.50. The van der Waals surface area contributed by atoms with Gasteiger partial charge in [-0.3, -0.25) is 0 Å². The van der Waals surface area contributed by atoms with Crippen LogP contribution in [-0.4, -0.2) is 40.5 Å². The largest absolute Gasteiger partial charge is 0.496 e. The molecule has 2 heterocycles. The molecular formula is C17H18ClF3N4O2. The average molecular weight is 403 g/mol. The van der Waals surface area contributed by atoms with Crippen LogP contribution in [0.3, 0.4) is 0 Å². The van der Waals surface area contributed by atoms with Crippen LogP contribution in [0.2, 0.25) is 5.15 Å². The highest BCUT2D eigenvalue weighted by molar-refractivity contribution is 6.31. The van der Waals surface area contributed by atoms with Crippen LogP contribution in [0.4, 0.5) is 13.2 Å². The quantitative estimate of drug-likeness (QED) is 0.817. The normalized spacial score (nSPS) is 19.0. The Kier molecular flexibility index (Phi) is 5.83. The molecule has 0 spiro atoms. The van der Waals surface area contributed by atoms with Gasteiger partial charge in [-0.25, -0.2) is 4.98 Å². The first kappa shape index (κ1) is 19.8. The van der Waals surface area contributed by atoms with Crippen LogP contribution in [0.15, 0.2) is 18.2 Å². The molecular weight excluding hydrogens is 385 g/mol. The smallest absolute Gasteiger partial charge is 0.416 e. The first-order chi connectivity index (χ1) is 12.8. The topological polar surface area (TPSA) is 80.2 Å². The highest BCUT2D eigenvalue weighted by Crippen LogP contribution is 2.38. The standard InChI is InChI=1S/C17H18ClF3N4O2/c1-27-12-7-10(17(19,20)21)4-5-11(12)13-15(18)23-16(25-24-13)14(26)9-3-2-6-22-8-9/h4-5,7,9,14,22,26H,2-3,6,8H2,1H3. The van der Waals surface area contributed by atoms with Crippen molar-refractivity contribution in [3.8, 4) is 17.0 Å². The molecule has 10 heteroatoms. The van der Waals surface area contributed by atoms with Gasteiger partial charge in [0.2, 0.25) is 0 Å². The van der Waals surface area contributed by atoms with Gasteiger partial charge in [0, 0.05) is 18.0 Å². The number of piperidine rings is 1. The highest BCUT2D eigenvalue weighted by atomic mass is 35.5. The summed E-state index contributed by atoms with van der Waals surface area (Å²) in [7, 11) is 1.25. The molecule has 1 fully saturated rings. The molecule has 0 radical (unpaired) electrons. The zero-order valence-corrected chi connectivity index (χ0v) is 15.2. The van der Waals surface area contributed by atoms with Crippen molar-refractivity contribution in [3.63, 3.8) is 0 Å². The maximum atomic E-state index is 12.9. The van der Waals surface area contributed by atoms with E-state index < -0.39 is 17.8 Å². The van der Waals surface area contributed by atoms with E-state index in [1.165, 1.54) is 13.2 Å². The number of halogens is 4. The summed E-state index contributed by atoms with van der Waals surface area (Å²) in [5.74, 6) is -0.0148. The molecule has 2 atom stereocenters. The van der Waals surface area contributed by atoms with Gasteiger partial charge in [0.05, 0.1) is 12.7 Å². The van der Waals surface area contributed by atoms with Crippen molar-refractivity contribution < 1.29 is 23.0 Å². The molecule has 1 aromatic carbocycles. The van der Waals surface area contributed by atoms with Gasteiger partial charge in [-0.15, -0.1) is 10.2 Å². The molecule has 1 saturated heterocycles. The number of aromatic nitrogens is 3. The molecule has 1 aliphatic rings. The maximum absolute atomic E-state index is 12.9. The predicted molar refractivity (Wildman–Crippen MR) is 92.4 cm³/mol. The van der Waals surface area contributed by atoms with Crippen LogP contribution in [0.1, 0.15) is 30.3 Å². The third-order valence-electron chi connectivity index (χ3n) is 4.49. The number of hydrogen-bond donors (Lipinski definition) is 2. The minimum absolute atomic E-state index is 0.0485. The van der Waals surface area contributed by atoms with Gasteiger partial charge >= 0.3 is 6.18 Å². The van der Waals surface area contributed by atoms with E-state index in [0.717, 1.165) is 31.5 Å². The maximum Gasteiger partial charge on any atom is 0.416 e. The van der Waals surface area contributed by atoms with Gasteiger partial charge in [0.15, 0.2) is 11.0 Å². The van der Waals surface area contributed by atoms with Crippen molar-refractivity contribution in [2.45, 2.75) is 25.1 Å². The third-order valence-corrected chi connectivity index (χ3v) is 4.75. The van der Waals surface area contributed by atoms with Crippen LogP contribution in [0.5, 0.6) is 5.75 Å². The van der Waals surface area contributed by atoms with E-state index in [4.69, 9.17) is 16.3 Å². The van der Waals surface area contributed by atoms with Gasteiger partial charge in [0.1, 0.15) is 17.5 Å². The Balaban J connectivity index is 1.91. The molecule has 1 aliphatic heterocycles. The van der Waals surface area contributed by atoms with E-state index in [1.54, 1.807) is 0 Å². The molecule has 2 aromatic rings. The summed E-state index contributed by atoms with van der Waals surface area (Å²) in [4.78, 5) is 4.11. The summed E-state index contributed by atoms with van der Waals surface area (Å²) in [5, 5.41) is 21.5. The number of aliphatic hydroxyl groups excluding tert-OH is 1. The fourth-order valence-electron chi connectivity index (χ4n) is 3.03. The molecule has 27 heavy (non-hydrogen) atoms. The predicted octanol–water partition coefficient (Wildman–Crippen LogP) is 3.25. The molecule has 6 nitrogen and oxygen atoms in total. The number of alkyl halides is 3. The molecule has 2 unspecified atom stereocenters. The van der Waals surface area contributed by atoms with Crippen molar-refractivity contribution >= 4 is 11.6 Å². The highest BCUT2D eigenvalue weighted by Gasteiger charge is 2.32. The van der Waals surface area contributed by atoms with E-state index in [9.17, 15) is 18.3 Å². The molecule has 0 saturated carbocycles. The lowest BCUT2D eigenvalue weighted by Crippen LogP contribution is -2.34. The van der Waals surface area contributed by atoms with Crippen LogP contribution >= 0.6 is 11.6 Å². The fraction of sp³-hybridized carbons (Fsp3) is 0.471. The zero-order valence-electron chi connectivity index (χ0n) is 14.4. The molecule has 0 aliphatic carbocycles. The zero-order chi connectivity index (χ0) is 19.6. The Morgan fingerprint density at radius 2 is 2.11 bits per heavy atom. The van der Waals surface area contributed by atoms with Crippen molar-refractivity contribution in [1.29, 1.82) is 0 Å². The van der Waals surface area contributed by atoms with Crippen molar-refractivity contribution in [2.24, 2.45) is 5.92 Å². The Labute approximate surface area is 158 Å². The van der Waals surface area contributed by atoms with Crippen molar-refractivity contribution in [1.82, 2.24) is 20.5 Å². The lowest BCUT2D eigenvalue weighted by atomic mass is 9.93. The summed E-state index contributed by atoms with van der Waals surface area (Å²) >= 11 is 6.19. The molecule has 2 N–H and O–H groups in total. The Morgan fingerprint density at radius 3 is 2.70 bits per heavy atom. The minimum Gasteiger partial charge on any atom is -0.496 e. The van der Waals surface area contributed by atoms with Crippen LogP contribution in [0, 0.1) is 5.92 Å². The average Bonchev–Trinajstić information content (AvgIpc) is 2.67. The molecule has 3 rings (SSSR count). The Hall–Kier alpha value is -1.97. The first-order valence-electron chi connectivity index (χ1n) is 8.35. The Bertz CT molecular complexity index is 813. The van der Waals surface area contributed by atoms with Crippen molar-refractivity contribution in [2.75, 3.05) is 20.2 Å². The van der Waals surface area contributed by atoms with E-state index in [0.29, 0.717) is 6.54 Å². The number of methoxy groups -OCH3 is 1. The summed E-state index contributed by atoms with van der Waals surface area (Å²) in [6, 6.07) is 2.98. The second-order valence-electron chi connectivity index (χ2n) is 6.27. The third kappa shape index (κ3) is 4.31. The summed E-state index contributed by atoms with van der Waals surface area (Å²) < 4.78 is 43.7. The number of nitrogens with zero attached hydrogens (tertiary/aromatic N) is 3. The number of ether oxygens (including phenoxy) is 1. The monoisotopic (exact) mass is 402 g/mol. The second-order valence-corrected chi connectivity index (χ2v) is 6.63. The van der Waals surface area contributed by atoms with Gasteiger partial charge in [-0.05, 0) is 37.6 Å². The van der Waals surface area contributed by atoms with E-state index in [-0.39, 0.29) is 33.9 Å². The summed E-state index contributed by atoms with van der Waals surface area (Å²) in [5.41, 5.74) is -0.534. The molecule has 0 bridgehead atoms. The second kappa shape index (κ2) is 7.95. The van der Waals surface area contributed by atoms with Gasteiger partial charge in [-0.2, -0.15) is 13.2 Å². The molecule has 0 amide bonds. The lowest BCUT2D eigenvalue weighted by molar-refractivity contribution is -0.137. The van der Waals surface area contributed by atoms with Crippen LogP contribution < -0.4 is 10.1 Å². The molecule has 1 aromatic heterocycles. The molecule has 146 valence electrons. The Morgan fingerprint density at radius 1 is 1.33 bits per heavy atom. The fourth-order valence-corrected chi connectivity index (χ4v) is 3.26. The van der Waals surface area contributed by atoms with Crippen LogP contribution in [0.25, 0.3) is 11.3 Å². The van der Waals surface area contributed by atoms with Crippen LogP contribution in [-0.2, 0) is 6.18 Å². The first-order valence-corrected chi connectivity index (χ1v) is 8.73. The number of nitrogens with one attached hydrogen (secondary N) is 1. The van der Waals surface area contributed by atoms with Gasteiger partial charge < -0.3 is 15.2 Å². The van der Waals surface area contributed by atoms with Gasteiger partial charge in [-0.1, -0.05) is 11.6 Å². The van der Waals surface area contributed by atoms with E-state index >= 15 is 0 Å². The number of rotatable bonds is 4. The summed E-state index contributed by atoms with van der Waals surface area (Å²) in [6.45, 7) is 1.53.